The summed E-state index contributed by atoms with van der Waals surface area (Å²) >= 11 is 1.34. The Morgan fingerprint density at radius 2 is 1.60 bits per heavy atom. The molecule has 35 heavy (non-hydrogen) atoms. The molecule has 1 amide bonds. The van der Waals surface area contributed by atoms with Gasteiger partial charge in [-0.2, -0.15) is 4.31 Å². The first kappa shape index (κ1) is 26.9. The average molecular weight is 516 g/mol. The van der Waals surface area contributed by atoms with Crippen molar-refractivity contribution in [3.8, 4) is 11.4 Å². The fourth-order valence-corrected chi connectivity index (χ4v) is 6.16. The summed E-state index contributed by atoms with van der Waals surface area (Å²) < 4.78 is 29.6. The van der Waals surface area contributed by atoms with E-state index in [1.807, 2.05) is 68.7 Å². The van der Waals surface area contributed by atoms with Gasteiger partial charge in [-0.3, -0.25) is 9.36 Å². The third-order valence-corrected chi connectivity index (χ3v) is 8.77. The minimum absolute atomic E-state index is 0.0446. The van der Waals surface area contributed by atoms with Gasteiger partial charge in [0.1, 0.15) is 0 Å². The van der Waals surface area contributed by atoms with Crippen LogP contribution < -0.4 is 0 Å². The Morgan fingerprint density at radius 3 is 2.23 bits per heavy atom. The van der Waals surface area contributed by atoms with E-state index in [9.17, 15) is 13.2 Å². The number of hydrogen-bond donors (Lipinski definition) is 0. The van der Waals surface area contributed by atoms with Gasteiger partial charge in [0.15, 0.2) is 11.0 Å². The van der Waals surface area contributed by atoms with Gasteiger partial charge >= 0.3 is 0 Å². The predicted molar refractivity (Wildman–Crippen MR) is 140 cm³/mol. The molecule has 0 spiro atoms. The summed E-state index contributed by atoms with van der Waals surface area (Å²) in [6.45, 7) is 10.2. The van der Waals surface area contributed by atoms with Crippen LogP contribution in [0.3, 0.4) is 0 Å². The van der Waals surface area contributed by atoms with E-state index in [1.165, 1.54) is 16.1 Å². The van der Waals surface area contributed by atoms with Crippen LogP contribution in [0.1, 0.15) is 33.3 Å². The van der Waals surface area contributed by atoms with E-state index in [4.69, 9.17) is 0 Å². The maximum atomic E-state index is 13.1. The number of aromatic nitrogens is 3. The molecule has 0 bridgehead atoms. The zero-order valence-electron chi connectivity index (χ0n) is 20.7. The molecule has 0 saturated heterocycles. The highest BCUT2D eigenvalue weighted by Crippen LogP contribution is 2.28. The Hall–Kier alpha value is -2.69. The first-order valence-corrected chi connectivity index (χ1v) is 14.3. The van der Waals surface area contributed by atoms with Crippen LogP contribution in [0.2, 0.25) is 0 Å². The quantitative estimate of drug-likeness (QED) is 0.339. The van der Waals surface area contributed by atoms with E-state index in [0.29, 0.717) is 49.3 Å². The molecule has 0 aliphatic rings. The van der Waals surface area contributed by atoms with Gasteiger partial charge in [-0.1, -0.05) is 68.1 Å². The highest BCUT2D eigenvalue weighted by Gasteiger charge is 2.23. The second kappa shape index (κ2) is 12.3. The number of hydrogen-bond acceptors (Lipinski definition) is 6. The van der Waals surface area contributed by atoms with Crippen LogP contribution >= 0.6 is 11.8 Å². The summed E-state index contributed by atoms with van der Waals surface area (Å²) in [7, 11) is -3.61. The highest BCUT2D eigenvalue weighted by atomic mass is 32.2. The minimum Gasteiger partial charge on any atom is -0.343 e. The van der Waals surface area contributed by atoms with Gasteiger partial charge in [-0.25, -0.2) is 8.42 Å². The lowest BCUT2D eigenvalue weighted by Crippen LogP contribution is -2.31. The number of nitrogens with zero attached hydrogens (tertiary/aromatic N) is 5. The molecule has 3 rings (SSSR count). The van der Waals surface area contributed by atoms with Gasteiger partial charge in [0.25, 0.3) is 0 Å². The number of sulfonamides is 1. The molecule has 2 aromatic carbocycles. The van der Waals surface area contributed by atoms with Gasteiger partial charge in [0.05, 0.1) is 17.2 Å². The van der Waals surface area contributed by atoms with Crippen molar-refractivity contribution in [3.63, 3.8) is 0 Å². The molecular formula is C25H33N5O3S2. The Balaban J connectivity index is 2.00. The standard InChI is InChI=1S/C25H33N5O3S2/c1-5-28(6-2)23(31)19-34-25-27-26-24(30(25)18-20-13-10-9-11-14-20)21-15-12-16-22(17-21)35(32,33)29(7-3)8-4/h9-17H,5-8,18-19H2,1-4H3. The topological polar surface area (TPSA) is 88.4 Å². The Labute approximate surface area is 212 Å². The van der Waals surface area contributed by atoms with Crippen LogP contribution in [-0.2, 0) is 21.4 Å². The Morgan fingerprint density at radius 1 is 0.914 bits per heavy atom. The third-order valence-electron chi connectivity index (χ3n) is 5.78. The van der Waals surface area contributed by atoms with Crippen molar-refractivity contribution in [2.45, 2.75) is 44.3 Å². The van der Waals surface area contributed by atoms with Crippen molar-refractivity contribution in [2.24, 2.45) is 0 Å². The molecule has 0 aliphatic heterocycles. The van der Waals surface area contributed by atoms with E-state index >= 15 is 0 Å². The molecule has 0 N–H and O–H groups in total. The fraction of sp³-hybridized carbons (Fsp3) is 0.400. The summed E-state index contributed by atoms with van der Waals surface area (Å²) in [6, 6.07) is 16.7. The fourth-order valence-electron chi connectivity index (χ4n) is 3.82. The molecule has 8 nitrogen and oxygen atoms in total. The van der Waals surface area contributed by atoms with Crippen LogP contribution in [0.5, 0.6) is 0 Å². The third kappa shape index (κ3) is 6.31. The summed E-state index contributed by atoms with van der Waals surface area (Å²) in [5.41, 5.74) is 1.71. The number of carbonyl (C=O) groups excluding carboxylic acids is 1. The summed E-state index contributed by atoms with van der Waals surface area (Å²) in [5.74, 6) is 0.858. The summed E-state index contributed by atoms with van der Waals surface area (Å²) in [6.07, 6.45) is 0. The zero-order valence-corrected chi connectivity index (χ0v) is 22.3. The normalized spacial score (nSPS) is 11.7. The number of benzene rings is 2. The largest absolute Gasteiger partial charge is 0.343 e. The van der Waals surface area contributed by atoms with Crippen molar-refractivity contribution < 1.29 is 13.2 Å². The maximum absolute atomic E-state index is 13.1. The van der Waals surface area contributed by atoms with Crippen LogP contribution in [0.4, 0.5) is 0 Å². The molecule has 3 aromatic rings. The number of thioether (sulfide) groups is 1. The van der Waals surface area contributed by atoms with Crippen molar-refractivity contribution in [1.29, 1.82) is 0 Å². The lowest BCUT2D eigenvalue weighted by atomic mass is 10.2. The monoisotopic (exact) mass is 515 g/mol. The van der Waals surface area contributed by atoms with E-state index in [0.717, 1.165) is 5.56 Å². The number of carbonyl (C=O) groups is 1. The van der Waals surface area contributed by atoms with Gasteiger partial charge < -0.3 is 4.90 Å². The van der Waals surface area contributed by atoms with Gasteiger partial charge in [-0.15, -0.1) is 10.2 Å². The molecule has 1 heterocycles. The van der Waals surface area contributed by atoms with Gasteiger partial charge in [0, 0.05) is 31.7 Å². The average Bonchev–Trinajstić information content (AvgIpc) is 3.27. The summed E-state index contributed by atoms with van der Waals surface area (Å²) in [4.78, 5) is 14.6. The molecule has 0 saturated carbocycles. The molecule has 1 aromatic heterocycles. The molecule has 188 valence electrons. The van der Waals surface area contributed by atoms with Crippen molar-refractivity contribution in [1.82, 2.24) is 24.0 Å². The maximum Gasteiger partial charge on any atom is 0.243 e. The van der Waals surface area contributed by atoms with E-state index < -0.39 is 10.0 Å². The predicted octanol–water partition coefficient (Wildman–Crippen LogP) is 3.98. The van der Waals surface area contributed by atoms with Crippen LogP contribution in [-0.4, -0.2) is 70.2 Å². The first-order chi connectivity index (χ1) is 16.8. The van der Waals surface area contributed by atoms with Crippen molar-refractivity contribution >= 4 is 27.7 Å². The second-order valence-corrected chi connectivity index (χ2v) is 10.7. The minimum atomic E-state index is -3.61. The Bertz CT molecular complexity index is 1220. The molecular weight excluding hydrogens is 482 g/mol. The Kier molecular flexibility index (Phi) is 9.47. The zero-order chi connectivity index (χ0) is 25.4. The van der Waals surface area contributed by atoms with Crippen LogP contribution in [0.25, 0.3) is 11.4 Å². The van der Waals surface area contributed by atoms with E-state index in [2.05, 4.69) is 10.2 Å². The van der Waals surface area contributed by atoms with Crippen LogP contribution in [0.15, 0.2) is 64.6 Å². The molecule has 0 fully saturated rings. The molecule has 10 heteroatoms. The highest BCUT2D eigenvalue weighted by molar-refractivity contribution is 7.99. The smallest absolute Gasteiger partial charge is 0.243 e. The molecule has 0 radical (unpaired) electrons. The van der Waals surface area contributed by atoms with E-state index in [-0.39, 0.29) is 16.6 Å². The molecule has 0 unspecified atom stereocenters. The van der Waals surface area contributed by atoms with Gasteiger partial charge in [-0.05, 0) is 31.5 Å². The second-order valence-electron chi connectivity index (χ2n) is 7.85. The first-order valence-electron chi connectivity index (χ1n) is 11.8. The SMILES string of the molecule is CCN(CC)C(=O)CSc1nnc(-c2cccc(S(=O)(=O)N(CC)CC)c2)n1Cc1ccccc1. The van der Waals surface area contributed by atoms with Gasteiger partial charge in [0.2, 0.25) is 15.9 Å². The van der Waals surface area contributed by atoms with Crippen molar-refractivity contribution in [3.05, 3.63) is 60.2 Å². The molecule has 0 aliphatic carbocycles. The number of rotatable bonds is 12. The van der Waals surface area contributed by atoms with E-state index in [1.54, 1.807) is 23.1 Å². The lowest BCUT2D eigenvalue weighted by Gasteiger charge is -2.19. The lowest BCUT2D eigenvalue weighted by molar-refractivity contribution is -0.127. The number of amides is 1. The van der Waals surface area contributed by atoms with Crippen molar-refractivity contribution in [2.75, 3.05) is 31.9 Å². The summed E-state index contributed by atoms with van der Waals surface area (Å²) in [5, 5.41) is 9.40. The molecule has 0 atom stereocenters. The van der Waals surface area contributed by atoms with Crippen LogP contribution in [0, 0.1) is 0 Å².